The molecule has 0 aromatic rings. The lowest BCUT2D eigenvalue weighted by molar-refractivity contribution is -0.129. The quantitative estimate of drug-likeness (QED) is 0.654. The third-order valence-corrected chi connectivity index (χ3v) is 2.89. The van der Waals surface area contributed by atoms with E-state index in [1.54, 1.807) is 12.3 Å². The Bertz CT molecular complexity index is 375. The monoisotopic (exact) mass is 258 g/mol. The lowest BCUT2D eigenvalue weighted by Crippen LogP contribution is -2.34. The Hall–Kier alpha value is -0.970. The van der Waals surface area contributed by atoms with E-state index in [9.17, 15) is 9.18 Å². The van der Waals surface area contributed by atoms with Crippen LogP contribution >= 0.6 is 15.9 Å². The Kier molecular flexibility index (Phi) is 2.26. The normalized spacial score (nSPS) is 29.8. The van der Waals surface area contributed by atoms with Gasteiger partial charge in [-0.3, -0.25) is 4.79 Å². The highest BCUT2D eigenvalue weighted by Crippen LogP contribution is 2.32. The van der Waals surface area contributed by atoms with Gasteiger partial charge in [0.05, 0.1) is 6.04 Å². The van der Waals surface area contributed by atoms with Gasteiger partial charge in [0.1, 0.15) is 5.83 Å². The van der Waals surface area contributed by atoms with Gasteiger partial charge in [-0.2, -0.15) is 5.10 Å². The maximum Gasteiger partial charge on any atom is 0.240 e. The second kappa shape index (κ2) is 3.31. The molecule has 0 bridgehead atoms. The molecule has 5 heteroatoms. The summed E-state index contributed by atoms with van der Waals surface area (Å²) in [5.74, 6) is -0.542. The zero-order valence-electron chi connectivity index (χ0n) is 7.45. The second-order valence-electron chi connectivity index (χ2n) is 3.23. The standard InChI is InChI=1S/C9H8BrFN2O/c1-5(14)13-9-3-8(11)7(10)2-6(9)4-12-13/h2-4,6,9H,1H3. The van der Waals surface area contributed by atoms with Crippen LogP contribution in [0.1, 0.15) is 6.92 Å². The molecule has 14 heavy (non-hydrogen) atoms. The van der Waals surface area contributed by atoms with E-state index >= 15 is 0 Å². The molecule has 0 N–H and O–H groups in total. The van der Waals surface area contributed by atoms with Crippen LogP contribution in [0, 0.1) is 5.92 Å². The van der Waals surface area contributed by atoms with E-state index in [4.69, 9.17) is 0 Å². The minimum absolute atomic E-state index is 0.0206. The van der Waals surface area contributed by atoms with Crippen LogP contribution < -0.4 is 0 Å². The van der Waals surface area contributed by atoms with E-state index in [1.165, 1.54) is 18.0 Å². The van der Waals surface area contributed by atoms with Crippen molar-refractivity contribution in [3.8, 4) is 0 Å². The van der Waals surface area contributed by atoms with E-state index in [-0.39, 0.29) is 23.7 Å². The summed E-state index contributed by atoms with van der Waals surface area (Å²) >= 11 is 3.10. The smallest absolute Gasteiger partial charge is 0.240 e. The molecular weight excluding hydrogens is 251 g/mol. The average Bonchev–Trinajstić information content (AvgIpc) is 2.48. The fourth-order valence-corrected chi connectivity index (χ4v) is 2.01. The number of allylic oxidation sites excluding steroid dienone is 2. The van der Waals surface area contributed by atoms with E-state index in [0.29, 0.717) is 4.48 Å². The van der Waals surface area contributed by atoms with E-state index < -0.39 is 0 Å². The molecule has 74 valence electrons. The van der Waals surface area contributed by atoms with Crippen molar-refractivity contribution in [2.75, 3.05) is 0 Å². The van der Waals surface area contributed by atoms with Gasteiger partial charge >= 0.3 is 0 Å². The predicted molar refractivity (Wildman–Crippen MR) is 54.5 cm³/mol. The maximum absolute atomic E-state index is 13.2. The molecule has 1 aliphatic heterocycles. The number of carbonyl (C=O) groups excluding carboxylic acids is 1. The third kappa shape index (κ3) is 1.41. The van der Waals surface area contributed by atoms with Crippen molar-refractivity contribution in [2.45, 2.75) is 13.0 Å². The number of rotatable bonds is 0. The molecule has 2 atom stereocenters. The summed E-state index contributed by atoms with van der Waals surface area (Å²) in [6.45, 7) is 1.42. The molecule has 1 aliphatic carbocycles. The molecule has 3 nitrogen and oxygen atoms in total. The maximum atomic E-state index is 13.2. The van der Waals surface area contributed by atoms with Crippen LogP contribution in [0.15, 0.2) is 27.6 Å². The fourth-order valence-electron chi connectivity index (χ4n) is 1.57. The van der Waals surface area contributed by atoms with Gasteiger partial charge in [-0.15, -0.1) is 0 Å². The lowest BCUT2D eigenvalue weighted by Gasteiger charge is -2.23. The zero-order chi connectivity index (χ0) is 10.3. The highest BCUT2D eigenvalue weighted by atomic mass is 79.9. The van der Waals surface area contributed by atoms with Gasteiger partial charge in [0.15, 0.2) is 0 Å². The topological polar surface area (TPSA) is 32.7 Å². The fraction of sp³-hybridized carbons (Fsp3) is 0.333. The molecule has 0 spiro atoms. The molecule has 0 aromatic carbocycles. The largest absolute Gasteiger partial charge is 0.273 e. The molecule has 0 fully saturated rings. The van der Waals surface area contributed by atoms with Crippen LogP contribution in [-0.4, -0.2) is 23.2 Å². The molecule has 0 aromatic heterocycles. The van der Waals surface area contributed by atoms with Crippen molar-refractivity contribution in [1.82, 2.24) is 5.01 Å². The van der Waals surface area contributed by atoms with Gasteiger partial charge in [0.2, 0.25) is 5.91 Å². The number of halogens is 2. The Balaban J connectivity index is 2.30. The molecule has 2 aliphatic rings. The number of carbonyl (C=O) groups is 1. The van der Waals surface area contributed by atoms with Crippen molar-refractivity contribution in [2.24, 2.45) is 11.0 Å². The highest BCUT2D eigenvalue weighted by molar-refractivity contribution is 9.11. The SMILES string of the molecule is CC(=O)N1N=CC2C=C(Br)C(F)=CC21. The Morgan fingerprint density at radius 1 is 1.64 bits per heavy atom. The molecule has 0 saturated heterocycles. The first-order valence-electron chi connectivity index (χ1n) is 4.18. The first-order chi connectivity index (χ1) is 6.59. The van der Waals surface area contributed by atoms with Gasteiger partial charge in [-0.25, -0.2) is 9.40 Å². The number of hydrazone groups is 1. The summed E-state index contributed by atoms with van der Waals surface area (Å²) in [4.78, 5) is 11.1. The Morgan fingerprint density at radius 2 is 2.36 bits per heavy atom. The second-order valence-corrected chi connectivity index (χ2v) is 4.08. The van der Waals surface area contributed by atoms with Crippen LogP contribution in [0.25, 0.3) is 0 Å². The van der Waals surface area contributed by atoms with E-state index in [1.807, 2.05) is 0 Å². The minimum atomic E-state index is -0.344. The summed E-state index contributed by atoms with van der Waals surface area (Å²) in [5, 5.41) is 5.22. The van der Waals surface area contributed by atoms with Crippen molar-refractivity contribution in [3.05, 3.63) is 22.5 Å². The van der Waals surface area contributed by atoms with Crippen LogP contribution in [0.3, 0.4) is 0 Å². The minimum Gasteiger partial charge on any atom is -0.273 e. The first kappa shape index (κ1) is 9.58. The van der Waals surface area contributed by atoms with Crippen LogP contribution in [0.2, 0.25) is 0 Å². The summed E-state index contributed by atoms with van der Waals surface area (Å²) in [5.41, 5.74) is 0. The van der Waals surface area contributed by atoms with E-state index in [2.05, 4.69) is 21.0 Å². The third-order valence-electron chi connectivity index (χ3n) is 2.25. The first-order valence-corrected chi connectivity index (χ1v) is 4.98. The van der Waals surface area contributed by atoms with Crippen LogP contribution in [-0.2, 0) is 4.79 Å². The zero-order valence-corrected chi connectivity index (χ0v) is 9.03. The molecule has 1 heterocycles. The van der Waals surface area contributed by atoms with Gasteiger partial charge in [-0.05, 0) is 22.0 Å². The van der Waals surface area contributed by atoms with Crippen LogP contribution in [0.5, 0.6) is 0 Å². The molecule has 0 radical (unpaired) electrons. The molecule has 2 unspecified atom stereocenters. The molecule has 0 saturated carbocycles. The average molecular weight is 259 g/mol. The van der Waals surface area contributed by atoms with Gasteiger partial charge < -0.3 is 0 Å². The number of fused-ring (bicyclic) bond motifs is 1. The summed E-state index contributed by atoms with van der Waals surface area (Å²) in [6.07, 6.45) is 4.77. The van der Waals surface area contributed by atoms with Gasteiger partial charge in [0, 0.05) is 23.5 Å². The summed E-state index contributed by atoms with van der Waals surface area (Å²) in [7, 11) is 0. The molecule has 2 rings (SSSR count). The Morgan fingerprint density at radius 3 is 3.00 bits per heavy atom. The van der Waals surface area contributed by atoms with E-state index in [0.717, 1.165) is 0 Å². The van der Waals surface area contributed by atoms with Crippen molar-refractivity contribution >= 4 is 28.1 Å². The van der Waals surface area contributed by atoms with Crippen LogP contribution in [0.4, 0.5) is 4.39 Å². The number of amides is 1. The number of hydrogen-bond acceptors (Lipinski definition) is 2. The van der Waals surface area contributed by atoms with Crippen molar-refractivity contribution < 1.29 is 9.18 Å². The van der Waals surface area contributed by atoms with Gasteiger partial charge in [0.25, 0.3) is 0 Å². The predicted octanol–water partition coefficient (Wildman–Crippen LogP) is 1.96. The molecule has 1 amide bonds. The van der Waals surface area contributed by atoms with Gasteiger partial charge in [-0.1, -0.05) is 6.08 Å². The Labute approximate surface area is 89.1 Å². The molecular formula is C9H8BrFN2O. The van der Waals surface area contributed by atoms with Crippen molar-refractivity contribution in [1.29, 1.82) is 0 Å². The lowest BCUT2D eigenvalue weighted by atomic mass is 9.96. The highest BCUT2D eigenvalue weighted by Gasteiger charge is 2.34. The summed E-state index contributed by atoms with van der Waals surface area (Å²) < 4.78 is 13.6. The summed E-state index contributed by atoms with van der Waals surface area (Å²) in [6, 6.07) is -0.297. The number of nitrogens with zero attached hydrogens (tertiary/aromatic N) is 2. The van der Waals surface area contributed by atoms with Crippen molar-refractivity contribution in [3.63, 3.8) is 0 Å². The number of hydrogen-bond donors (Lipinski definition) is 0.